The van der Waals surface area contributed by atoms with Crippen molar-refractivity contribution in [3.05, 3.63) is 22.5 Å². The van der Waals surface area contributed by atoms with E-state index in [4.69, 9.17) is 4.98 Å². The molecule has 0 aliphatic heterocycles. The molecule has 3 heteroatoms. The van der Waals surface area contributed by atoms with Gasteiger partial charge in [0.05, 0.1) is 5.69 Å². The van der Waals surface area contributed by atoms with Gasteiger partial charge in [0.2, 0.25) is 6.41 Å². The van der Waals surface area contributed by atoms with Crippen molar-refractivity contribution in [2.45, 2.75) is 51.4 Å². The third kappa shape index (κ3) is 1.74. The Labute approximate surface area is 102 Å². The summed E-state index contributed by atoms with van der Waals surface area (Å²) in [7, 11) is 0. The van der Waals surface area contributed by atoms with Gasteiger partial charge in [-0.3, -0.25) is 9.78 Å². The number of aromatic nitrogens is 1. The first kappa shape index (κ1) is 10.8. The Balaban J connectivity index is 2.18. The van der Waals surface area contributed by atoms with Crippen LogP contribution in [0.4, 0.5) is 5.69 Å². The van der Waals surface area contributed by atoms with E-state index in [0.717, 1.165) is 31.4 Å². The fourth-order valence-electron chi connectivity index (χ4n) is 2.96. The van der Waals surface area contributed by atoms with Crippen LogP contribution in [0.3, 0.4) is 0 Å². The third-order valence-electron chi connectivity index (χ3n) is 3.86. The SMILES string of the molecule is CCc1nc2c(c(NC=O)c1C1CC1)CCC2. The number of hydrogen-bond acceptors (Lipinski definition) is 2. The molecule has 2 aliphatic rings. The van der Waals surface area contributed by atoms with Crippen molar-refractivity contribution in [3.8, 4) is 0 Å². The van der Waals surface area contributed by atoms with Gasteiger partial charge >= 0.3 is 0 Å². The number of carbonyl (C=O) groups is 1. The highest BCUT2D eigenvalue weighted by Crippen LogP contribution is 2.47. The maximum Gasteiger partial charge on any atom is 0.211 e. The van der Waals surface area contributed by atoms with Crippen molar-refractivity contribution in [3.63, 3.8) is 0 Å². The molecule has 0 bridgehead atoms. The molecule has 0 aromatic carbocycles. The van der Waals surface area contributed by atoms with Crippen molar-refractivity contribution in [2.24, 2.45) is 0 Å². The molecule has 0 radical (unpaired) electrons. The van der Waals surface area contributed by atoms with Crippen LogP contribution in [0, 0.1) is 0 Å². The van der Waals surface area contributed by atoms with Crippen LogP contribution in [-0.4, -0.2) is 11.4 Å². The summed E-state index contributed by atoms with van der Waals surface area (Å²) in [5, 5.41) is 2.95. The minimum Gasteiger partial charge on any atom is -0.328 e. The summed E-state index contributed by atoms with van der Waals surface area (Å²) in [5.41, 5.74) is 6.16. The van der Waals surface area contributed by atoms with Crippen LogP contribution >= 0.6 is 0 Å². The second-order valence-electron chi connectivity index (χ2n) is 5.02. The highest BCUT2D eigenvalue weighted by atomic mass is 16.1. The van der Waals surface area contributed by atoms with Gasteiger partial charge in [-0.25, -0.2) is 0 Å². The predicted molar refractivity (Wildman–Crippen MR) is 67.3 cm³/mol. The maximum absolute atomic E-state index is 10.8. The summed E-state index contributed by atoms with van der Waals surface area (Å²) in [4.78, 5) is 15.7. The van der Waals surface area contributed by atoms with E-state index in [1.807, 2.05) is 0 Å². The van der Waals surface area contributed by atoms with Gasteiger partial charge in [-0.1, -0.05) is 6.92 Å². The lowest BCUT2D eigenvalue weighted by Gasteiger charge is -2.16. The lowest BCUT2D eigenvalue weighted by Crippen LogP contribution is -2.08. The molecule has 17 heavy (non-hydrogen) atoms. The largest absolute Gasteiger partial charge is 0.328 e. The van der Waals surface area contributed by atoms with Gasteiger partial charge in [-0.15, -0.1) is 0 Å². The molecule has 3 rings (SSSR count). The molecule has 1 amide bonds. The fraction of sp³-hybridized carbons (Fsp3) is 0.571. The van der Waals surface area contributed by atoms with E-state index in [0.29, 0.717) is 5.92 Å². The predicted octanol–water partition coefficient (Wildman–Crippen LogP) is 2.58. The number of nitrogens with zero attached hydrogens (tertiary/aromatic N) is 1. The second-order valence-corrected chi connectivity index (χ2v) is 5.02. The molecule has 1 saturated carbocycles. The molecular formula is C14H18N2O. The number of carbonyl (C=O) groups excluding carboxylic acids is 1. The fourth-order valence-corrected chi connectivity index (χ4v) is 2.96. The molecule has 1 N–H and O–H groups in total. The average molecular weight is 230 g/mol. The molecule has 0 unspecified atom stereocenters. The first-order valence-corrected chi connectivity index (χ1v) is 6.59. The molecule has 90 valence electrons. The van der Waals surface area contributed by atoms with Crippen LogP contribution in [0.15, 0.2) is 0 Å². The summed E-state index contributed by atoms with van der Waals surface area (Å²) in [6.45, 7) is 2.15. The van der Waals surface area contributed by atoms with Gasteiger partial charge < -0.3 is 5.32 Å². The zero-order valence-corrected chi connectivity index (χ0v) is 10.3. The molecule has 1 fully saturated rings. The van der Waals surface area contributed by atoms with Gasteiger partial charge in [-0.2, -0.15) is 0 Å². The molecule has 0 saturated heterocycles. The topological polar surface area (TPSA) is 42.0 Å². The van der Waals surface area contributed by atoms with E-state index in [2.05, 4.69) is 12.2 Å². The Bertz CT molecular complexity index is 464. The smallest absolute Gasteiger partial charge is 0.211 e. The number of hydrogen-bond donors (Lipinski definition) is 1. The normalized spacial score (nSPS) is 17.9. The van der Waals surface area contributed by atoms with E-state index < -0.39 is 0 Å². The first-order chi connectivity index (χ1) is 8.35. The molecule has 0 spiro atoms. The second kappa shape index (κ2) is 4.13. The van der Waals surface area contributed by atoms with Gasteiger partial charge in [0.25, 0.3) is 0 Å². The quantitative estimate of drug-likeness (QED) is 0.808. The molecule has 1 aromatic heterocycles. The maximum atomic E-state index is 10.8. The van der Waals surface area contributed by atoms with Gasteiger partial charge in [0, 0.05) is 17.0 Å². The number of pyridine rings is 1. The van der Waals surface area contributed by atoms with Gasteiger partial charge in [0.15, 0.2) is 0 Å². The minimum absolute atomic E-state index is 0.644. The number of rotatable bonds is 4. The van der Waals surface area contributed by atoms with E-state index in [9.17, 15) is 4.79 Å². The van der Waals surface area contributed by atoms with Crippen molar-refractivity contribution in [2.75, 3.05) is 5.32 Å². The molecule has 3 nitrogen and oxygen atoms in total. The molecule has 0 atom stereocenters. The van der Waals surface area contributed by atoms with Crippen LogP contribution in [0.25, 0.3) is 0 Å². The van der Waals surface area contributed by atoms with E-state index in [1.165, 1.54) is 41.8 Å². The summed E-state index contributed by atoms with van der Waals surface area (Å²) >= 11 is 0. The number of aryl methyl sites for hydroxylation is 2. The Morgan fingerprint density at radius 3 is 2.88 bits per heavy atom. The van der Waals surface area contributed by atoms with Crippen LogP contribution in [0.2, 0.25) is 0 Å². The molecule has 1 aromatic rings. The lowest BCUT2D eigenvalue weighted by atomic mass is 9.99. The van der Waals surface area contributed by atoms with Gasteiger partial charge in [-0.05, 0) is 50.0 Å². The zero-order chi connectivity index (χ0) is 11.8. The number of fused-ring (bicyclic) bond motifs is 1. The summed E-state index contributed by atoms with van der Waals surface area (Å²) in [6.07, 6.45) is 7.60. The highest BCUT2D eigenvalue weighted by Gasteiger charge is 2.32. The molecule has 2 aliphatic carbocycles. The highest BCUT2D eigenvalue weighted by molar-refractivity contribution is 5.78. The summed E-state index contributed by atoms with van der Waals surface area (Å²) in [6, 6.07) is 0. The van der Waals surface area contributed by atoms with Crippen LogP contribution in [0.5, 0.6) is 0 Å². The van der Waals surface area contributed by atoms with Crippen LogP contribution in [-0.2, 0) is 24.1 Å². The Morgan fingerprint density at radius 2 is 2.24 bits per heavy atom. The summed E-state index contributed by atoms with van der Waals surface area (Å²) in [5.74, 6) is 0.644. The molecule has 1 heterocycles. The van der Waals surface area contributed by atoms with E-state index >= 15 is 0 Å². The molecular weight excluding hydrogens is 212 g/mol. The third-order valence-corrected chi connectivity index (χ3v) is 3.86. The van der Waals surface area contributed by atoms with Crippen molar-refractivity contribution < 1.29 is 4.79 Å². The van der Waals surface area contributed by atoms with Crippen molar-refractivity contribution >= 4 is 12.1 Å². The number of amides is 1. The Hall–Kier alpha value is -1.38. The Morgan fingerprint density at radius 1 is 1.41 bits per heavy atom. The number of anilines is 1. The zero-order valence-electron chi connectivity index (χ0n) is 10.3. The van der Waals surface area contributed by atoms with Crippen LogP contribution in [0.1, 0.15) is 54.6 Å². The average Bonchev–Trinajstić information content (AvgIpc) is 3.06. The monoisotopic (exact) mass is 230 g/mol. The Kier molecular flexibility index (Phi) is 2.61. The van der Waals surface area contributed by atoms with E-state index in [1.54, 1.807) is 0 Å². The lowest BCUT2D eigenvalue weighted by molar-refractivity contribution is -0.105. The summed E-state index contributed by atoms with van der Waals surface area (Å²) < 4.78 is 0. The first-order valence-electron chi connectivity index (χ1n) is 6.59. The van der Waals surface area contributed by atoms with Crippen molar-refractivity contribution in [1.29, 1.82) is 0 Å². The number of nitrogens with one attached hydrogen (secondary N) is 1. The van der Waals surface area contributed by atoms with Crippen LogP contribution < -0.4 is 5.32 Å². The van der Waals surface area contributed by atoms with Crippen molar-refractivity contribution in [1.82, 2.24) is 4.98 Å². The van der Waals surface area contributed by atoms with Gasteiger partial charge in [0.1, 0.15) is 0 Å². The van der Waals surface area contributed by atoms with E-state index in [-0.39, 0.29) is 0 Å². The standard InChI is InChI=1S/C14H18N2O/c1-2-11-13(9-6-7-9)14(15-8-17)10-4-3-5-12(10)16-11/h8-9H,2-7H2,1H3,(H,15,16,17). The minimum atomic E-state index is 0.644.